The molecule has 2 atom stereocenters. The minimum atomic E-state index is 0.0374. The summed E-state index contributed by atoms with van der Waals surface area (Å²) in [6.45, 7) is 4.21. The van der Waals surface area contributed by atoms with Crippen LogP contribution in [0.15, 0.2) is 24.7 Å². The van der Waals surface area contributed by atoms with E-state index in [0.29, 0.717) is 0 Å². The third-order valence-corrected chi connectivity index (χ3v) is 4.34. The number of hydrogen-bond donors (Lipinski definition) is 1. The monoisotopic (exact) mass is 269 g/mol. The Bertz CT molecular complexity index is 491. The standard InChI is InChI=1S/C12H16ClN3S/c1-3-9(14)10-6-15-7-16(10)8(2)11-4-5-12(13)17-11/h4-9H,3,14H2,1-2H3/t8?,9-/m1/s1. The van der Waals surface area contributed by atoms with Gasteiger partial charge in [-0.25, -0.2) is 4.98 Å². The maximum absolute atomic E-state index is 6.08. The Morgan fingerprint density at radius 2 is 2.29 bits per heavy atom. The number of rotatable bonds is 4. The Hall–Kier alpha value is -0.840. The van der Waals surface area contributed by atoms with Gasteiger partial charge < -0.3 is 10.3 Å². The highest BCUT2D eigenvalue weighted by Crippen LogP contribution is 2.30. The Balaban J connectivity index is 2.31. The van der Waals surface area contributed by atoms with Gasteiger partial charge in [0, 0.05) is 17.1 Å². The van der Waals surface area contributed by atoms with Crippen molar-refractivity contribution in [3.8, 4) is 0 Å². The van der Waals surface area contributed by atoms with Crippen LogP contribution >= 0.6 is 22.9 Å². The molecule has 0 aliphatic rings. The first-order valence-corrected chi connectivity index (χ1v) is 6.85. The fourth-order valence-corrected chi connectivity index (χ4v) is 2.94. The summed E-state index contributed by atoms with van der Waals surface area (Å²) in [5, 5.41) is 0. The molecule has 0 spiro atoms. The van der Waals surface area contributed by atoms with Crippen molar-refractivity contribution in [2.75, 3.05) is 0 Å². The zero-order valence-corrected chi connectivity index (χ0v) is 11.5. The maximum atomic E-state index is 6.08. The van der Waals surface area contributed by atoms with E-state index in [1.54, 1.807) is 11.3 Å². The summed E-state index contributed by atoms with van der Waals surface area (Å²) in [7, 11) is 0. The van der Waals surface area contributed by atoms with E-state index < -0.39 is 0 Å². The number of hydrogen-bond acceptors (Lipinski definition) is 3. The normalized spacial score (nSPS) is 14.8. The molecule has 2 heterocycles. The lowest BCUT2D eigenvalue weighted by Gasteiger charge is -2.18. The molecule has 0 saturated carbocycles. The first kappa shape index (κ1) is 12.6. The van der Waals surface area contributed by atoms with Gasteiger partial charge >= 0.3 is 0 Å². The fourth-order valence-electron chi connectivity index (χ4n) is 1.82. The first-order valence-electron chi connectivity index (χ1n) is 5.66. The van der Waals surface area contributed by atoms with E-state index in [9.17, 15) is 0 Å². The van der Waals surface area contributed by atoms with Crippen LogP contribution in [-0.4, -0.2) is 9.55 Å². The molecule has 0 fully saturated rings. The molecule has 92 valence electrons. The molecule has 0 bridgehead atoms. The lowest BCUT2D eigenvalue weighted by atomic mass is 10.1. The Labute approximate surface area is 110 Å². The molecule has 17 heavy (non-hydrogen) atoms. The number of nitrogens with two attached hydrogens (primary N) is 1. The Morgan fingerprint density at radius 3 is 2.88 bits per heavy atom. The third-order valence-electron chi connectivity index (χ3n) is 2.94. The molecule has 0 radical (unpaired) electrons. The Morgan fingerprint density at radius 1 is 1.53 bits per heavy atom. The highest BCUT2D eigenvalue weighted by Gasteiger charge is 2.16. The number of imidazole rings is 1. The Kier molecular flexibility index (Phi) is 3.86. The van der Waals surface area contributed by atoms with E-state index in [0.717, 1.165) is 16.5 Å². The van der Waals surface area contributed by atoms with Crippen molar-refractivity contribution in [1.82, 2.24) is 9.55 Å². The number of nitrogens with zero attached hydrogens (tertiary/aromatic N) is 2. The minimum Gasteiger partial charge on any atom is -0.325 e. The molecule has 0 aliphatic heterocycles. The van der Waals surface area contributed by atoms with Crippen molar-refractivity contribution < 1.29 is 0 Å². The largest absolute Gasteiger partial charge is 0.325 e. The van der Waals surface area contributed by atoms with Crippen LogP contribution in [0.1, 0.15) is 42.9 Å². The van der Waals surface area contributed by atoms with Gasteiger partial charge in [0.05, 0.1) is 22.4 Å². The zero-order chi connectivity index (χ0) is 12.4. The van der Waals surface area contributed by atoms with Crippen molar-refractivity contribution in [3.63, 3.8) is 0 Å². The smallest absolute Gasteiger partial charge is 0.0954 e. The van der Waals surface area contributed by atoms with Gasteiger partial charge in [-0.15, -0.1) is 11.3 Å². The van der Waals surface area contributed by atoms with Crippen molar-refractivity contribution >= 4 is 22.9 Å². The SMILES string of the molecule is CC[C@@H](N)c1cncn1C(C)c1ccc(Cl)s1. The molecule has 2 rings (SSSR count). The zero-order valence-electron chi connectivity index (χ0n) is 9.93. The molecule has 1 unspecified atom stereocenters. The highest BCUT2D eigenvalue weighted by molar-refractivity contribution is 7.16. The summed E-state index contributed by atoms with van der Waals surface area (Å²) < 4.78 is 2.93. The molecule has 2 N–H and O–H groups in total. The first-order chi connectivity index (χ1) is 8.13. The van der Waals surface area contributed by atoms with Gasteiger partial charge in [-0.2, -0.15) is 0 Å². The quantitative estimate of drug-likeness (QED) is 0.921. The van der Waals surface area contributed by atoms with Crippen LogP contribution in [0, 0.1) is 0 Å². The predicted molar refractivity (Wildman–Crippen MR) is 72.6 cm³/mol. The highest BCUT2D eigenvalue weighted by atomic mass is 35.5. The molecule has 2 aromatic rings. The predicted octanol–water partition coefficient (Wildman–Crippen LogP) is 3.62. The molecule has 5 heteroatoms. The van der Waals surface area contributed by atoms with E-state index in [-0.39, 0.29) is 12.1 Å². The molecular formula is C12H16ClN3S. The average Bonchev–Trinajstić information content (AvgIpc) is 2.95. The van der Waals surface area contributed by atoms with E-state index in [4.69, 9.17) is 17.3 Å². The van der Waals surface area contributed by atoms with Crippen LogP contribution in [0.25, 0.3) is 0 Å². The summed E-state index contributed by atoms with van der Waals surface area (Å²) >= 11 is 7.56. The van der Waals surface area contributed by atoms with Crippen LogP contribution in [-0.2, 0) is 0 Å². The van der Waals surface area contributed by atoms with Gasteiger partial charge in [-0.1, -0.05) is 18.5 Å². The van der Waals surface area contributed by atoms with E-state index >= 15 is 0 Å². The topological polar surface area (TPSA) is 43.8 Å². The summed E-state index contributed by atoms with van der Waals surface area (Å²) in [6.07, 6.45) is 4.59. The van der Waals surface area contributed by atoms with Crippen molar-refractivity contribution in [1.29, 1.82) is 0 Å². The van der Waals surface area contributed by atoms with Crippen molar-refractivity contribution in [2.24, 2.45) is 5.73 Å². The van der Waals surface area contributed by atoms with Gasteiger partial charge in [-0.3, -0.25) is 0 Å². The molecule has 0 aliphatic carbocycles. The van der Waals surface area contributed by atoms with Crippen LogP contribution < -0.4 is 5.73 Å². The van der Waals surface area contributed by atoms with Gasteiger partial charge in [-0.05, 0) is 25.5 Å². The van der Waals surface area contributed by atoms with Gasteiger partial charge in [0.2, 0.25) is 0 Å². The molecule has 2 aromatic heterocycles. The molecule has 0 saturated heterocycles. The second-order valence-electron chi connectivity index (χ2n) is 4.06. The number of aromatic nitrogens is 2. The lowest BCUT2D eigenvalue weighted by Crippen LogP contribution is -2.16. The van der Waals surface area contributed by atoms with Crippen LogP contribution in [0.3, 0.4) is 0 Å². The molecule has 3 nitrogen and oxygen atoms in total. The van der Waals surface area contributed by atoms with Gasteiger partial charge in [0.15, 0.2) is 0 Å². The maximum Gasteiger partial charge on any atom is 0.0954 e. The van der Waals surface area contributed by atoms with E-state index in [1.165, 1.54) is 4.88 Å². The summed E-state index contributed by atoms with van der Waals surface area (Å²) in [4.78, 5) is 5.42. The summed E-state index contributed by atoms with van der Waals surface area (Å²) in [6, 6.07) is 4.24. The minimum absolute atomic E-state index is 0.0374. The number of thiophene rings is 1. The second-order valence-corrected chi connectivity index (χ2v) is 5.81. The molecule has 0 aromatic carbocycles. The van der Waals surface area contributed by atoms with Crippen molar-refractivity contribution in [3.05, 3.63) is 39.6 Å². The van der Waals surface area contributed by atoms with E-state index in [2.05, 4.69) is 29.5 Å². The lowest BCUT2D eigenvalue weighted by molar-refractivity contribution is 0.563. The van der Waals surface area contributed by atoms with Crippen LogP contribution in [0.4, 0.5) is 0 Å². The van der Waals surface area contributed by atoms with Crippen LogP contribution in [0.2, 0.25) is 4.34 Å². The number of halogens is 1. The van der Waals surface area contributed by atoms with Crippen molar-refractivity contribution in [2.45, 2.75) is 32.4 Å². The molecule has 0 amide bonds. The summed E-state index contributed by atoms with van der Waals surface area (Å²) in [5.74, 6) is 0. The molecular weight excluding hydrogens is 254 g/mol. The van der Waals surface area contributed by atoms with Gasteiger partial charge in [0.25, 0.3) is 0 Å². The van der Waals surface area contributed by atoms with E-state index in [1.807, 2.05) is 18.6 Å². The van der Waals surface area contributed by atoms with Crippen LogP contribution in [0.5, 0.6) is 0 Å². The second kappa shape index (κ2) is 5.21. The fraction of sp³-hybridized carbons (Fsp3) is 0.417. The average molecular weight is 270 g/mol. The third kappa shape index (κ3) is 2.54. The summed E-state index contributed by atoms with van der Waals surface area (Å²) in [5.41, 5.74) is 7.15. The van der Waals surface area contributed by atoms with Gasteiger partial charge in [0.1, 0.15) is 0 Å².